The summed E-state index contributed by atoms with van der Waals surface area (Å²) in [5.74, 6) is -0.595. The van der Waals surface area contributed by atoms with Crippen LogP contribution in [0.5, 0.6) is 0 Å². The molecule has 5 heteroatoms. The van der Waals surface area contributed by atoms with E-state index in [4.69, 9.17) is 14.5 Å². The average molecular weight is 423 g/mol. The van der Waals surface area contributed by atoms with Crippen molar-refractivity contribution >= 4 is 5.97 Å². The van der Waals surface area contributed by atoms with Gasteiger partial charge in [-0.2, -0.15) is 0 Å². The van der Waals surface area contributed by atoms with E-state index < -0.39 is 5.60 Å². The molecule has 0 amide bonds. The largest absolute Gasteiger partial charge is 0.469 e. The molecule has 0 aromatic rings. The van der Waals surface area contributed by atoms with Crippen LogP contribution in [0.1, 0.15) is 92.4 Å². The Kier molecular flexibility index (Phi) is 8.34. The molecule has 0 bridgehead atoms. The molecule has 1 saturated heterocycles. The van der Waals surface area contributed by atoms with Crippen LogP contribution in [0.4, 0.5) is 0 Å². The normalized spacial score (nSPS) is 33.2. The first-order valence-corrected chi connectivity index (χ1v) is 11.4. The molecule has 172 valence electrons. The maximum atomic E-state index is 11.7. The number of methoxy groups -OCH3 is 1. The molecule has 1 N–H and O–H groups in total. The minimum atomic E-state index is -0.780. The Hall–Kier alpha value is -1.17. The molecule has 5 nitrogen and oxygen atoms in total. The zero-order valence-electron chi connectivity index (χ0n) is 19.9. The van der Waals surface area contributed by atoms with Gasteiger partial charge < -0.3 is 9.84 Å². The Bertz CT molecular complexity index is 642. The monoisotopic (exact) mass is 422 g/mol. The van der Waals surface area contributed by atoms with Gasteiger partial charge in [0.15, 0.2) is 0 Å². The van der Waals surface area contributed by atoms with Crippen molar-refractivity contribution in [2.24, 2.45) is 11.3 Å². The Morgan fingerprint density at radius 1 is 1.33 bits per heavy atom. The molecule has 1 heterocycles. The first-order valence-electron chi connectivity index (χ1n) is 11.4. The third-order valence-corrected chi connectivity index (χ3v) is 7.49. The highest BCUT2D eigenvalue weighted by Gasteiger charge is 2.47. The number of esters is 1. The lowest BCUT2D eigenvalue weighted by atomic mass is 9.61. The third-order valence-electron chi connectivity index (χ3n) is 7.49. The minimum absolute atomic E-state index is 0.124. The summed E-state index contributed by atoms with van der Waals surface area (Å²) in [4.78, 5) is 22.9. The van der Waals surface area contributed by atoms with Gasteiger partial charge in [0.05, 0.1) is 18.6 Å². The van der Waals surface area contributed by atoms with Crippen molar-refractivity contribution < 1.29 is 24.4 Å². The van der Waals surface area contributed by atoms with E-state index in [-0.39, 0.29) is 29.0 Å². The second kappa shape index (κ2) is 9.97. The smallest absolute Gasteiger partial charge is 0.311 e. The fourth-order valence-corrected chi connectivity index (χ4v) is 4.81. The molecular weight excluding hydrogens is 380 g/mol. The van der Waals surface area contributed by atoms with Crippen molar-refractivity contribution in [1.82, 2.24) is 0 Å². The van der Waals surface area contributed by atoms with E-state index >= 15 is 0 Å². The van der Waals surface area contributed by atoms with Crippen molar-refractivity contribution in [2.75, 3.05) is 7.11 Å². The highest BCUT2D eigenvalue weighted by atomic mass is 17.2. The number of rotatable bonds is 8. The lowest BCUT2D eigenvalue weighted by molar-refractivity contribution is -0.411. The van der Waals surface area contributed by atoms with Gasteiger partial charge >= 0.3 is 5.97 Å². The van der Waals surface area contributed by atoms with E-state index in [2.05, 4.69) is 40.3 Å². The molecule has 1 aliphatic heterocycles. The summed E-state index contributed by atoms with van der Waals surface area (Å²) < 4.78 is 4.80. The number of hydrogen-bond acceptors (Lipinski definition) is 5. The predicted octanol–water partition coefficient (Wildman–Crippen LogP) is 5.67. The maximum Gasteiger partial charge on any atom is 0.311 e. The summed E-state index contributed by atoms with van der Waals surface area (Å²) in [7, 11) is 1.39. The van der Waals surface area contributed by atoms with Crippen LogP contribution in [0.15, 0.2) is 23.8 Å². The van der Waals surface area contributed by atoms with Crippen LogP contribution in [0.2, 0.25) is 0 Å². The van der Waals surface area contributed by atoms with E-state index in [0.29, 0.717) is 0 Å². The molecule has 2 rings (SSSR count). The molecule has 0 aromatic carbocycles. The van der Waals surface area contributed by atoms with Gasteiger partial charge in [0.1, 0.15) is 11.7 Å². The first kappa shape index (κ1) is 25.1. The topological polar surface area (TPSA) is 65.0 Å². The lowest BCUT2D eigenvalue weighted by Crippen LogP contribution is -2.48. The third kappa shape index (κ3) is 5.74. The first-order chi connectivity index (χ1) is 13.9. The standard InChI is InChI=1S/C25H42O5/c1-18(12-17-25(27)19(2)11-9-14-23(25,4)5)10-8-15-24(6)16-13-21(29-30-24)20(3)22(26)28-7/h10,20-21,27H,2,8-9,11-17H2,1,3-7H3/b18-10+/t20-,21+,24-,25?/m0/s1. The van der Waals surface area contributed by atoms with Gasteiger partial charge in [-0.25, -0.2) is 9.78 Å². The van der Waals surface area contributed by atoms with E-state index in [1.165, 1.54) is 12.7 Å². The van der Waals surface area contributed by atoms with Crippen LogP contribution in [0.25, 0.3) is 0 Å². The Labute approximate surface area is 182 Å². The highest BCUT2D eigenvalue weighted by Crippen LogP contribution is 2.49. The quantitative estimate of drug-likeness (QED) is 0.310. The molecule has 0 aromatic heterocycles. The molecule has 0 spiro atoms. The molecule has 2 aliphatic rings. The SMILES string of the molecule is C=C1CCCC(C)(C)C1(O)CC/C(C)=C/CC[C@@]1(C)CC[C@H]([C@H](C)C(=O)OC)OO1. The van der Waals surface area contributed by atoms with Gasteiger partial charge in [-0.05, 0) is 89.5 Å². The predicted molar refractivity (Wildman–Crippen MR) is 119 cm³/mol. The van der Waals surface area contributed by atoms with Crippen LogP contribution < -0.4 is 0 Å². The number of carbonyl (C=O) groups is 1. The molecule has 2 fully saturated rings. The van der Waals surface area contributed by atoms with Crippen molar-refractivity contribution in [3.63, 3.8) is 0 Å². The molecule has 0 radical (unpaired) electrons. The maximum absolute atomic E-state index is 11.7. The Morgan fingerprint density at radius 3 is 2.60 bits per heavy atom. The number of aliphatic hydroxyl groups is 1. The van der Waals surface area contributed by atoms with Crippen molar-refractivity contribution in [3.05, 3.63) is 23.8 Å². The Morgan fingerprint density at radius 2 is 2.03 bits per heavy atom. The number of ether oxygens (including phenoxy) is 1. The van der Waals surface area contributed by atoms with Crippen LogP contribution in [0, 0.1) is 11.3 Å². The second-order valence-corrected chi connectivity index (χ2v) is 10.3. The molecule has 4 atom stereocenters. The van der Waals surface area contributed by atoms with E-state index in [1.54, 1.807) is 0 Å². The van der Waals surface area contributed by atoms with E-state index in [9.17, 15) is 9.90 Å². The van der Waals surface area contributed by atoms with E-state index in [1.807, 2.05) is 6.92 Å². The van der Waals surface area contributed by atoms with Crippen molar-refractivity contribution in [2.45, 2.75) is 110 Å². The summed E-state index contributed by atoms with van der Waals surface area (Å²) in [6.45, 7) is 14.5. The van der Waals surface area contributed by atoms with Crippen LogP contribution in [-0.2, 0) is 19.3 Å². The zero-order valence-corrected chi connectivity index (χ0v) is 19.9. The summed E-state index contributed by atoms with van der Waals surface area (Å²) in [6, 6.07) is 0. The van der Waals surface area contributed by atoms with E-state index in [0.717, 1.165) is 63.4 Å². The average Bonchev–Trinajstić information content (AvgIpc) is 2.70. The van der Waals surface area contributed by atoms with Gasteiger partial charge in [-0.15, -0.1) is 0 Å². The highest BCUT2D eigenvalue weighted by molar-refractivity contribution is 5.72. The summed E-state index contributed by atoms with van der Waals surface area (Å²) in [6.07, 6.45) is 10.0. The fourth-order valence-electron chi connectivity index (χ4n) is 4.81. The molecule has 1 aliphatic carbocycles. The lowest BCUT2D eigenvalue weighted by Gasteiger charge is -2.48. The zero-order chi connectivity index (χ0) is 22.6. The molecule has 1 saturated carbocycles. The van der Waals surface area contributed by atoms with Gasteiger partial charge in [-0.3, -0.25) is 4.79 Å². The summed E-state index contributed by atoms with van der Waals surface area (Å²) >= 11 is 0. The second-order valence-electron chi connectivity index (χ2n) is 10.3. The van der Waals surface area contributed by atoms with Gasteiger partial charge in [0, 0.05) is 0 Å². The number of carbonyl (C=O) groups excluding carboxylic acids is 1. The van der Waals surface area contributed by atoms with Gasteiger partial charge in [-0.1, -0.05) is 32.1 Å². The molecule has 30 heavy (non-hydrogen) atoms. The molecular formula is C25H42O5. The van der Waals surface area contributed by atoms with Crippen LogP contribution in [0.3, 0.4) is 0 Å². The Balaban J connectivity index is 1.81. The van der Waals surface area contributed by atoms with Crippen molar-refractivity contribution in [1.29, 1.82) is 0 Å². The molecule has 1 unspecified atom stereocenters. The number of allylic oxidation sites excluding steroid dienone is 2. The van der Waals surface area contributed by atoms with Crippen LogP contribution >= 0.6 is 0 Å². The van der Waals surface area contributed by atoms with Gasteiger partial charge in [0.2, 0.25) is 0 Å². The fraction of sp³-hybridized carbons (Fsp3) is 0.800. The van der Waals surface area contributed by atoms with Gasteiger partial charge in [0.25, 0.3) is 0 Å². The summed E-state index contributed by atoms with van der Waals surface area (Å²) in [5, 5.41) is 11.3. The number of hydrogen-bond donors (Lipinski definition) is 1. The summed E-state index contributed by atoms with van der Waals surface area (Å²) in [5.41, 5.74) is 1.03. The van der Waals surface area contributed by atoms with Crippen LogP contribution in [-0.4, -0.2) is 35.5 Å². The van der Waals surface area contributed by atoms with Crippen molar-refractivity contribution in [3.8, 4) is 0 Å². The minimum Gasteiger partial charge on any atom is -0.469 e.